The zero-order chi connectivity index (χ0) is 17.4. The Morgan fingerprint density at radius 3 is 2.71 bits per heavy atom. The van der Waals surface area contributed by atoms with Gasteiger partial charge in [0.2, 0.25) is 0 Å². The number of benzene rings is 1. The summed E-state index contributed by atoms with van der Waals surface area (Å²) in [6.07, 6.45) is 3.60. The maximum Gasteiger partial charge on any atom is 0.251 e. The van der Waals surface area contributed by atoms with Gasteiger partial charge in [-0.1, -0.05) is 13.3 Å². The van der Waals surface area contributed by atoms with E-state index < -0.39 is 0 Å². The molecule has 0 fully saturated rings. The Morgan fingerprint density at radius 1 is 1.17 bits per heavy atom. The van der Waals surface area contributed by atoms with E-state index in [-0.39, 0.29) is 5.91 Å². The Balaban J connectivity index is 2.16. The number of nitrogens with zero attached hydrogens (tertiary/aromatic N) is 1. The summed E-state index contributed by atoms with van der Waals surface area (Å²) in [6.45, 7) is 2.76. The molecular weight excluding hydrogens is 306 g/mol. The van der Waals surface area contributed by atoms with Crippen LogP contribution in [0.3, 0.4) is 0 Å². The highest BCUT2D eigenvalue weighted by atomic mass is 16.5. The fourth-order valence-electron chi connectivity index (χ4n) is 2.17. The number of hydrogen-bond donors (Lipinski definition) is 2. The third kappa shape index (κ3) is 4.62. The third-order valence-corrected chi connectivity index (χ3v) is 3.51. The van der Waals surface area contributed by atoms with Crippen molar-refractivity contribution in [2.45, 2.75) is 19.8 Å². The predicted molar refractivity (Wildman–Crippen MR) is 94.3 cm³/mol. The van der Waals surface area contributed by atoms with Gasteiger partial charge >= 0.3 is 0 Å². The number of amides is 1. The van der Waals surface area contributed by atoms with Gasteiger partial charge in [-0.25, -0.2) is 4.98 Å². The summed E-state index contributed by atoms with van der Waals surface area (Å²) in [4.78, 5) is 16.4. The van der Waals surface area contributed by atoms with Crippen LogP contribution in [-0.2, 0) is 0 Å². The van der Waals surface area contributed by atoms with Crippen molar-refractivity contribution in [2.75, 3.05) is 26.1 Å². The first-order valence-electron chi connectivity index (χ1n) is 7.91. The lowest BCUT2D eigenvalue weighted by molar-refractivity contribution is 0.0953. The number of ether oxygens (including phenoxy) is 2. The van der Waals surface area contributed by atoms with Crippen molar-refractivity contribution in [3.05, 3.63) is 42.1 Å². The molecule has 0 atom stereocenters. The molecule has 1 heterocycles. The average Bonchev–Trinajstić information content (AvgIpc) is 2.62. The molecule has 0 radical (unpaired) electrons. The van der Waals surface area contributed by atoms with Gasteiger partial charge in [-0.15, -0.1) is 0 Å². The Labute approximate surface area is 142 Å². The van der Waals surface area contributed by atoms with E-state index in [1.165, 1.54) is 0 Å². The van der Waals surface area contributed by atoms with Crippen LogP contribution in [0, 0.1) is 0 Å². The molecule has 128 valence electrons. The maximum atomic E-state index is 12.1. The van der Waals surface area contributed by atoms with Gasteiger partial charge in [0.15, 0.2) is 0 Å². The molecule has 1 aromatic carbocycles. The summed E-state index contributed by atoms with van der Waals surface area (Å²) in [5.74, 6) is 1.82. The first kappa shape index (κ1) is 17.6. The van der Waals surface area contributed by atoms with Crippen molar-refractivity contribution in [3.63, 3.8) is 0 Å². The first-order valence-corrected chi connectivity index (χ1v) is 7.91. The molecule has 6 nitrogen and oxygen atoms in total. The molecular formula is C18H23N3O3. The molecule has 0 unspecified atom stereocenters. The fraction of sp³-hybridized carbons (Fsp3) is 0.333. The van der Waals surface area contributed by atoms with E-state index in [1.807, 2.05) is 18.2 Å². The summed E-state index contributed by atoms with van der Waals surface area (Å²) < 4.78 is 10.6. The standard InChI is InChI=1S/C18H23N3O3/c1-4-5-9-20-18(22)13-8-10-19-17(11-13)21-15-12-14(23-2)6-7-16(15)24-3/h6-8,10-12H,4-5,9H2,1-3H3,(H,19,21)(H,20,22). The van der Waals surface area contributed by atoms with Crippen LogP contribution in [0.25, 0.3) is 0 Å². The zero-order valence-corrected chi connectivity index (χ0v) is 14.3. The predicted octanol–water partition coefficient (Wildman–Crippen LogP) is 3.37. The van der Waals surface area contributed by atoms with Crippen LogP contribution < -0.4 is 20.1 Å². The number of carbonyl (C=O) groups is 1. The molecule has 0 aliphatic rings. The summed E-state index contributed by atoms with van der Waals surface area (Å²) >= 11 is 0. The van der Waals surface area contributed by atoms with Crippen LogP contribution >= 0.6 is 0 Å². The topological polar surface area (TPSA) is 72.5 Å². The number of carbonyl (C=O) groups excluding carboxylic acids is 1. The number of rotatable bonds is 8. The SMILES string of the molecule is CCCCNC(=O)c1ccnc(Nc2cc(OC)ccc2OC)c1. The highest BCUT2D eigenvalue weighted by Crippen LogP contribution is 2.31. The number of unbranched alkanes of at least 4 members (excludes halogenated alkanes) is 1. The largest absolute Gasteiger partial charge is 0.497 e. The van der Waals surface area contributed by atoms with Gasteiger partial charge in [-0.2, -0.15) is 0 Å². The molecule has 2 aromatic rings. The summed E-state index contributed by atoms with van der Waals surface area (Å²) in [5, 5.41) is 6.06. The fourth-order valence-corrected chi connectivity index (χ4v) is 2.17. The first-order chi connectivity index (χ1) is 11.7. The number of anilines is 2. The number of hydrogen-bond acceptors (Lipinski definition) is 5. The second kappa shape index (κ2) is 8.76. The van der Waals surface area contributed by atoms with Crippen molar-refractivity contribution in [2.24, 2.45) is 0 Å². The van der Waals surface area contributed by atoms with Crippen molar-refractivity contribution in [3.8, 4) is 11.5 Å². The Morgan fingerprint density at radius 2 is 2.00 bits per heavy atom. The molecule has 0 bridgehead atoms. The monoisotopic (exact) mass is 329 g/mol. The Bertz CT molecular complexity index is 689. The van der Waals surface area contributed by atoms with E-state index in [4.69, 9.17) is 9.47 Å². The lowest BCUT2D eigenvalue weighted by Gasteiger charge is -2.12. The molecule has 1 aromatic heterocycles. The van der Waals surface area contributed by atoms with E-state index in [0.29, 0.717) is 35.1 Å². The summed E-state index contributed by atoms with van der Waals surface area (Å²) in [5.41, 5.74) is 1.28. The quantitative estimate of drug-likeness (QED) is 0.727. The van der Waals surface area contributed by atoms with Gasteiger partial charge in [0, 0.05) is 24.4 Å². The molecule has 0 aliphatic carbocycles. The van der Waals surface area contributed by atoms with E-state index in [0.717, 1.165) is 12.8 Å². The molecule has 0 aliphatic heterocycles. The van der Waals surface area contributed by atoms with Crippen molar-refractivity contribution in [1.82, 2.24) is 10.3 Å². The van der Waals surface area contributed by atoms with Gasteiger partial charge < -0.3 is 20.1 Å². The molecule has 0 spiro atoms. The molecule has 1 amide bonds. The van der Waals surface area contributed by atoms with Crippen LogP contribution in [0.5, 0.6) is 11.5 Å². The van der Waals surface area contributed by atoms with Gasteiger partial charge in [0.05, 0.1) is 19.9 Å². The van der Waals surface area contributed by atoms with Gasteiger partial charge in [0.25, 0.3) is 5.91 Å². The highest BCUT2D eigenvalue weighted by Gasteiger charge is 2.09. The lowest BCUT2D eigenvalue weighted by atomic mass is 10.2. The lowest BCUT2D eigenvalue weighted by Crippen LogP contribution is -2.24. The van der Waals surface area contributed by atoms with Crippen molar-refractivity contribution in [1.29, 1.82) is 0 Å². The minimum atomic E-state index is -0.105. The molecule has 0 saturated carbocycles. The molecule has 2 rings (SSSR count). The summed E-state index contributed by atoms with van der Waals surface area (Å²) in [7, 11) is 3.20. The summed E-state index contributed by atoms with van der Waals surface area (Å²) in [6, 6.07) is 8.83. The number of nitrogens with one attached hydrogen (secondary N) is 2. The minimum Gasteiger partial charge on any atom is -0.497 e. The van der Waals surface area contributed by atoms with Crippen LogP contribution in [0.15, 0.2) is 36.5 Å². The van der Waals surface area contributed by atoms with E-state index in [9.17, 15) is 4.79 Å². The molecule has 2 N–H and O–H groups in total. The number of pyridine rings is 1. The van der Waals surface area contributed by atoms with Crippen LogP contribution in [0.4, 0.5) is 11.5 Å². The van der Waals surface area contributed by atoms with Crippen LogP contribution in [0.2, 0.25) is 0 Å². The van der Waals surface area contributed by atoms with Crippen LogP contribution in [0.1, 0.15) is 30.1 Å². The van der Waals surface area contributed by atoms with E-state index >= 15 is 0 Å². The second-order valence-electron chi connectivity index (χ2n) is 5.23. The maximum absolute atomic E-state index is 12.1. The zero-order valence-electron chi connectivity index (χ0n) is 14.3. The number of methoxy groups -OCH3 is 2. The average molecular weight is 329 g/mol. The Hall–Kier alpha value is -2.76. The minimum absolute atomic E-state index is 0.105. The van der Waals surface area contributed by atoms with Crippen molar-refractivity contribution >= 4 is 17.4 Å². The second-order valence-corrected chi connectivity index (χ2v) is 5.23. The molecule has 24 heavy (non-hydrogen) atoms. The van der Waals surface area contributed by atoms with Gasteiger partial charge in [-0.3, -0.25) is 4.79 Å². The smallest absolute Gasteiger partial charge is 0.251 e. The van der Waals surface area contributed by atoms with E-state index in [1.54, 1.807) is 32.5 Å². The normalized spacial score (nSPS) is 10.1. The van der Waals surface area contributed by atoms with Crippen LogP contribution in [-0.4, -0.2) is 31.7 Å². The van der Waals surface area contributed by atoms with Gasteiger partial charge in [-0.05, 0) is 30.7 Å². The number of aromatic nitrogens is 1. The highest BCUT2D eigenvalue weighted by molar-refractivity contribution is 5.94. The van der Waals surface area contributed by atoms with Crippen molar-refractivity contribution < 1.29 is 14.3 Å². The van der Waals surface area contributed by atoms with E-state index in [2.05, 4.69) is 22.5 Å². The molecule has 0 saturated heterocycles. The third-order valence-electron chi connectivity index (χ3n) is 3.51. The molecule has 6 heteroatoms. The Kier molecular flexibility index (Phi) is 6.42. The van der Waals surface area contributed by atoms with Gasteiger partial charge in [0.1, 0.15) is 17.3 Å².